The van der Waals surface area contributed by atoms with E-state index in [1.807, 2.05) is 0 Å². The first-order valence-electron chi connectivity index (χ1n) is 6.33. The topological polar surface area (TPSA) is 50.2 Å². The number of hydrogen-bond acceptors (Lipinski definition) is 3. The molecule has 8 heteroatoms. The number of nitrogens with zero attached hydrogens (tertiary/aromatic N) is 3. The van der Waals surface area contributed by atoms with Gasteiger partial charge in [-0.15, -0.1) is 0 Å². The van der Waals surface area contributed by atoms with Crippen molar-refractivity contribution in [2.45, 2.75) is 31.1 Å². The molecule has 1 fully saturated rings. The summed E-state index contributed by atoms with van der Waals surface area (Å²) in [6, 6.07) is -1.71. The van der Waals surface area contributed by atoms with Crippen molar-refractivity contribution in [2.24, 2.45) is 7.05 Å². The van der Waals surface area contributed by atoms with Gasteiger partial charge in [0, 0.05) is 25.8 Å². The predicted octanol–water partition coefficient (Wildman–Crippen LogP) is 1.17. The van der Waals surface area contributed by atoms with E-state index in [-0.39, 0.29) is 30.6 Å². The summed E-state index contributed by atoms with van der Waals surface area (Å²) in [5.74, 6) is -0.352. The molecule has 1 amide bonds. The molecule has 0 aromatic carbocycles. The minimum absolute atomic E-state index is 0.00678. The van der Waals surface area contributed by atoms with E-state index in [0.29, 0.717) is 6.42 Å². The molecule has 0 spiro atoms. The summed E-state index contributed by atoms with van der Waals surface area (Å²) < 4.78 is 39.8. The minimum atomic E-state index is -4.22. The molecule has 0 aliphatic carbocycles. The number of carbonyl (C=O) groups is 1. The third-order valence-corrected chi connectivity index (χ3v) is 3.48. The van der Waals surface area contributed by atoms with E-state index in [2.05, 4.69) is 10.3 Å². The molecule has 0 bridgehead atoms. The molecule has 0 saturated carbocycles. The Kier molecular flexibility index (Phi) is 4.03. The zero-order valence-corrected chi connectivity index (χ0v) is 11.3. The quantitative estimate of drug-likeness (QED) is 0.889. The SMILES string of the molecule is CN1C[C@H](NC(=O)c2cn(C)cn2)CC[C@H]1C(F)(F)F. The third kappa shape index (κ3) is 3.30. The first-order valence-corrected chi connectivity index (χ1v) is 6.33. The fourth-order valence-corrected chi connectivity index (χ4v) is 2.47. The monoisotopic (exact) mass is 290 g/mol. The zero-order valence-electron chi connectivity index (χ0n) is 11.3. The molecule has 0 radical (unpaired) electrons. The number of hydrogen-bond donors (Lipinski definition) is 1. The van der Waals surface area contributed by atoms with Gasteiger partial charge in [-0.05, 0) is 19.9 Å². The van der Waals surface area contributed by atoms with Gasteiger partial charge in [0.2, 0.25) is 0 Å². The lowest BCUT2D eigenvalue weighted by atomic mass is 9.98. The number of halogens is 3. The van der Waals surface area contributed by atoms with Crippen LogP contribution < -0.4 is 5.32 Å². The van der Waals surface area contributed by atoms with Gasteiger partial charge in [0.25, 0.3) is 5.91 Å². The van der Waals surface area contributed by atoms with Crippen molar-refractivity contribution in [1.82, 2.24) is 19.8 Å². The van der Waals surface area contributed by atoms with Crippen LogP contribution in [0.2, 0.25) is 0 Å². The Balaban J connectivity index is 1.92. The summed E-state index contributed by atoms with van der Waals surface area (Å²) >= 11 is 0. The van der Waals surface area contributed by atoms with Gasteiger partial charge in [0.15, 0.2) is 0 Å². The van der Waals surface area contributed by atoms with Crippen molar-refractivity contribution >= 4 is 5.91 Å². The largest absolute Gasteiger partial charge is 0.404 e. The smallest absolute Gasteiger partial charge is 0.347 e. The molecule has 112 valence electrons. The van der Waals surface area contributed by atoms with E-state index in [4.69, 9.17) is 0 Å². The second-order valence-electron chi connectivity index (χ2n) is 5.17. The van der Waals surface area contributed by atoms with Crippen LogP contribution in [-0.4, -0.2) is 52.2 Å². The highest BCUT2D eigenvalue weighted by Crippen LogP contribution is 2.30. The van der Waals surface area contributed by atoms with Gasteiger partial charge < -0.3 is 9.88 Å². The Morgan fingerprint density at radius 3 is 2.60 bits per heavy atom. The van der Waals surface area contributed by atoms with Gasteiger partial charge in [-0.2, -0.15) is 13.2 Å². The molecule has 1 aliphatic heterocycles. The second kappa shape index (κ2) is 5.43. The summed E-state index contributed by atoms with van der Waals surface area (Å²) in [6.45, 7) is 0.183. The number of likely N-dealkylation sites (N-methyl/N-ethyl adjacent to an activating group) is 1. The summed E-state index contributed by atoms with van der Waals surface area (Å²) in [7, 11) is 3.17. The number of likely N-dealkylation sites (tertiary alicyclic amines) is 1. The van der Waals surface area contributed by atoms with Crippen molar-refractivity contribution in [3.05, 3.63) is 18.2 Å². The average molecular weight is 290 g/mol. The third-order valence-electron chi connectivity index (χ3n) is 3.48. The summed E-state index contributed by atoms with van der Waals surface area (Å²) in [5.41, 5.74) is 0.271. The van der Waals surface area contributed by atoms with E-state index in [1.54, 1.807) is 17.8 Å². The predicted molar refractivity (Wildman–Crippen MR) is 66.2 cm³/mol. The van der Waals surface area contributed by atoms with Crippen molar-refractivity contribution < 1.29 is 18.0 Å². The maximum absolute atomic E-state index is 12.7. The lowest BCUT2D eigenvalue weighted by Crippen LogP contribution is -2.54. The fourth-order valence-electron chi connectivity index (χ4n) is 2.47. The van der Waals surface area contributed by atoms with Gasteiger partial charge in [0.1, 0.15) is 11.7 Å². The van der Waals surface area contributed by atoms with Crippen LogP contribution in [0.5, 0.6) is 0 Å². The number of alkyl halides is 3. The Morgan fingerprint density at radius 1 is 1.40 bits per heavy atom. The van der Waals surface area contributed by atoms with Crippen LogP contribution in [0, 0.1) is 0 Å². The second-order valence-corrected chi connectivity index (χ2v) is 5.17. The van der Waals surface area contributed by atoms with Crippen LogP contribution in [0.25, 0.3) is 0 Å². The molecule has 1 aliphatic rings. The van der Waals surface area contributed by atoms with Crippen molar-refractivity contribution in [3.8, 4) is 0 Å². The van der Waals surface area contributed by atoms with Gasteiger partial charge in [0.05, 0.1) is 6.33 Å². The van der Waals surface area contributed by atoms with Crippen LogP contribution >= 0.6 is 0 Å². The van der Waals surface area contributed by atoms with Gasteiger partial charge in [-0.1, -0.05) is 0 Å². The first-order chi connectivity index (χ1) is 9.27. The molecule has 2 atom stereocenters. The van der Waals surface area contributed by atoms with E-state index < -0.39 is 12.2 Å². The number of imidazole rings is 1. The number of aromatic nitrogens is 2. The number of amides is 1. The summed E-state index contributed by atoms with van der Waals surface area (Å²) in [5, 5.41) is 2.73. The van der Waals surface area contributed by atoms with Crippen molar-refractivity contribution in [2.75, 3.05) is 13.6 Å². The van der Waals surface area contributed by atoms with Crippen LogP contribution in [0.3, 0.4) is 0 Å². The molecule has 1 aromatic rings. The number of piperidine rings is 1. The van der Waals surface area contributed by atoms with Crippen molar-refractivity contribution in [3.63, 3.8) is 0 Å². The lowest BCUT2D eigenvalue weighted by Gasteiger charge is -2.38. The van der Waals surface area contributed by atoms with Crippen LogP contribution in [0.15, 0.2) is 12.5 Å². The number of nitrogens with one attached hydrogen (secondary N) is 1. The Hall–Kier alpha value is -1.57. The molecule has 1 saturated heterocycles. The average Bonchev–Trinajstić information content (AvgIpc) is 2.74. The van der Waals surface area contributed by atoms with Crippen LogP contribution in [0.1, 0.15) is 23.3 Å². The molecular formula is C12H17F3N4O. The van der Waals surface area contributed by atoms with Gasteiger partial charge in [-0.3, -0.25) is 9.69 Å². The van der Waals surface area contributed by atoms with E-state index >= 15 is 0 Å². The minimum Gasteiger partial charge on any atom is -0.347 e. The van der Waals surface area contributed by atoms with Gasteiger partial charge in [-0.25, -0.2) is 4.98 Å². The Morgan fingerprint density at radius 2 is 2.10 bits per heavy atom. The molecule has 5 nitrogen and oxygen atoms in total. The highest BCUT2D eigenvalue weighted by Gasteiger charge is 2.44. The highest BCUT2D eigenvalue weighted by molar-refractivity contribution is 5.92. The standard InChI is InChI=1S/C12H17F3N4O/c1-18-6-9(16-7-18)11(20)17-8-3-4-10(12(13,14)15)19(2)5-8/h6-8,10H,3-5H2,1-2H3,(H,17,20)/t8-,10+/m1/s1. The molecule has 20 heavy (non-hydrogen) atoms. The summed E-state index contributed by atoms with van der Waals surface area (Å²) in [6.07, 6.45) is -0.840. The normalized spacial score (nSPS) is 24.6. The maximum atomic E-state index is 12.7. The highest BCUT2D eigenvalue weighted by atomic mass is 19.4. The number of rotatable bonds is 2. The van der Waals surface area contributed by atoms with Crippen molar-refractivity contribution in [1.29, 1.82) is 0 Å². The molecule has 1 N–H and O–H groups in total. The summed E-state index contributed by atoms with van der Waals surface area (Å²) in [4.78, 5) is 17.0. The molecule has 1 aromatic heterocycles. The Labute approximate surface area is 114 Å². The van der Waals surface area contributed by atoms with Crippen LogP contribution in [-0.2, 0) is 7.05 Å². The zero-order chi connectivity index (χ0) is 14.9. The number of aryl methyl sites for hydroxylation is 1. The van der Waals surface area contributed by atoms with E-state index in [1.165, 1.54) is 18.3 Å². The molecule has 0 unspecified atom stereocenters. The van der Waals surface area contributed by atoms with E-state index in [9.17, 15) is 18.0 Å². The van der Waals surface area contributed by atoms with E-state index in [0.717, 1.165) is 0 Å². The Bertz CT molecular complexity index is 485. The lowest BCUT2D eigenvalue weighted by molar-refractivity contribution is -0.188. The molecule has 2 rings (SSSR count). The molecular weight excluding hydrogens is 273 g/mol. The first kappa shape index (κ1) is 14.8. The van der Waals surface area contributed by atoms with Crippen LogP contribution in [0.4, 0.5) is 13.2 Å². The fraction of sp³-hybridized carbons (Fsp3) is 0.667. The number of carbonyl (C=O) groups excluding carboxylic acids is 1. The maximum Gasteiger partial charge on any atom is 0.404 e. The van der Waals surface area contributed by atoms with Gasteiger partial charge >= 0.3 is 6.18 Å². The molecule has 2 heterocycles.